The van der Waals surface area contributed by atoms with Crippen molar-refractivity contribution >= 4 is 11.4 Å². The Morgan fingerprint density at radius 3 is 2.60 bits per heavy atom. The molecule has 5 nitrogen and oxygen atoms in total. The average molecular weight is 420 g/mol. The Balaban J connectivity index is 1.67. The number of benzene rings is 2. The second-order valence-corrected chi connectivity index (χ2v) is 7.54. The van der Waals surface area contributed by atoms with E-state index in [-0.39, 0.29) is 18.8 Å². The Bertz CT molecular complexity index is 990. The fourth-order valence-electron chi connectivity index (χ4n) is 3.82. The average Bonchev–Trinajstić information content (AvgIpc) is 2.71. The smallest absolute Gasteiger partial charge is 0.266 e. The topological polar surface area (TPSA) is 62.8 Å². The lowest BCUT2D eigenvalue weighted by atomic mass is 9.88. The lowest BCUT2D eigenvalue weighted by Gasteiger charge is -2.38. The quantitative estimate of drug-likeness (QED) is 0.657. The van der Waals surface area contributed by atoms with Gasteiger partial charge in [0.05, 0.1) is 31.9 Å². The summed E-state index contributed by atoms with van der Waals surface area (Å²) < 4.78 is 51.3. The summed E-state index contributed by atoms with van der Waals surface area (Å²) in [5.74, 6) is -0.365. The predicted octanol–water partition coefficient (Wildman–Crippen LogP) is 4.11. The third kappa shape index (κ3) is 3.50. The Labute approximate surface area is 172 Å². The summed E-state index contributed by atoms with van der Waals surface area (Å²) in [5, 5.41) is 17.3. The molecule has 0 amide bonds. The van der Waals surface area contributed by atoms with Crippen molar-refractivity contribution in [3.05, 3.63) is 64.5 Å². The van der Waals surface area contributed by atoms with Crippen molar-refractivity contribution in [1.29, 1.82) is 0 Å². The highest BCUT2D eigenvalue weighted by Crippen LogP contribution is 2.41. The van der Waals surface area contributed by atoms with Crippen LogP contribution >= 0.6 is 0 Å². The van der Waals surface area contributed by atoms with Crippen LogP contribution < -0.4 is 15.4 Å². The molecule has 2 aliphatic rings. The number of methoxy groups -OCH3 is 1. The molecule has 0 radical (unpaired) electrons. The SMILES string of the molecule is COc1cc2c(cc1C1(O)COC1)C(N[C@H](C)c1cccc(C(F)F)c1F)=CCN2. The van der Waals surface area contributed by atoms with Crippen LogP contribution in [0.4, 0.5) is 18.9 Å². The molecule has 0 unspecified atom stereocenters. The number of nitrogens with one attached hydrogen (secondary N) is 2. The van der Waals surface area contributed by atoms with Crippen molar-refractivity contribution < 1.29 is 27.8 Å². The molecule has 0 bridgehead atoms. The molecule has 1 saturated heterocycles. The molecular formula is C22H23F3N2O3. The third-order valence-electron chi connectivity index (χ3n) is 5.54. The van der Waals surface area contributed by atoms with Gasteiger partial charge in [0.2, 0.25) is 0 Å². The van der Waals surface area contributed by atoms with Crippen LogP contribution in [-0.4, -0.2) is 32.0 Å². The van der Waals surface area contributed by atoms with E-state index in [0.717, 1.165) is 17.3 Å². The summed E-state index contributed by atoms with van der Waals surface area (Å²) in [6.45, 7) is 2.58. The van der Waals surface area contributed by atoms with Crippen LogP contribution in [0.5, 0.6) is 5.75 Å². The van der Waals surface area contributed by atoms with Crippen molar-refractivity contribution in [1.82, 2.24) is 5.32 Å². The van der Waals surface area contributed by atoms with Crippen LogP contribution in [0.1, 0.15) is 41.6 Å². The van der Waals surface area contributed by atoms with Gasteiger partial charge in [0.1, 0.15) is 17.2 Å². The summed E-state index contributed by atoms with van der Waals surface area (Å²) in [7, 11) is 1.53. The van der Waals surface area contributed by atoms with E-state index in [4.69, 9.17) is 9.47 Å². The van der Waals surface area contributed by atoms with E-state index in [1.165, 1.54) is 19.2 Å². The molecule has 1 atom stereocenters. The van der Waals surface area contributed by atoms with E-state index in [1.807, 2.05) is 12.1 Å². The van der Waals surface area contributed by atoms with Crippen LogP contribution in [0.3, 0.4) is 0 Å². The summed E-state index contributed by atoms with van der Waals surface area (Å²) in [6.07, 6.45) is -0.984. The van der Waals surface area contributed by atoms with Crippen molar-refractivity contribution in [2.24, 2.45) is 0 Å². The van der Waals surface area contributed by atoms with Crippen LogP contribution in [0.25, 0.3) is 5.70 Å². The van der Waals surface area contributed by atoms with Crippen molar-refractivity contribution in [3.63, 3.8) is 0 Å². The molecule has 0 aliphatic carbocycles. The number of ether oxygens (including phenoxy) is 2. The van der Waals surface area contributed by atoms with Crippen molar-refractivity contribution in [3.8, 4) is 5.75 Å². The first-order valence-corrected chi connectivity index (χ1v) is 9.64. The van der Waals surface area contributed by atoms with Gasteiger partial charge in [0.25, 0.3) is 6.43 Å². The van der Waals surface area contributed by atoms with E-state index in [0.29, 0.717) is 23.6 Å². The first kappa shape index (κ1) is 20.6. The minimum atomic E-state index is -2.88. The molecule has 3 N–H and O–H groups in total. The number of hydrogen-bond donors (Lipinski definition) is 3. The number of fused-ring (bicyclic) bond motifs is 1. The van der Waals surface area contributed by atoms with Gasteiger partial charge in [-0.15, -0.1) is 0 Å². The van der Waals surface area contributed by atoms with Crippen molar-refractivity contribution in [2.75, 3.05) is 32.2 Å². The Hall–Kier alpha value is -2.71. The maximum Gasteiger partial charge on any atom is 0.266 e. The minimum Gasteiger partial charge on any atom is -0.496 e. The number of alkyl halides is 2. The lowest BCUT2D eigenvalue weighted by Crippen LogP contribution is -2.46. The standard InChI is InChI=1S/C22H23F3N2O3/c1-12(13-4-3-5-14(20(13)23)21(24)25)27-17-6-7-26-18-9-19(29-2)16(8-15(17)18)22(28)10-30-11-22/h3-6,8-9,12,21,26-28H,7,10-11H2,1-2H3/t12-/m1/s1. The van der Waals surface area contributed by atoms with Gasteiger partial charge in [-0.3, -0.25) is 0 Å². The zero-order valence-electron chi connectivity index (χ0n) is 16.6. The van der Waals surface area contributed by atoms with Gasteiger partial charge in [-0.2, -0.15) is 0 Å². The number of anilines is 1. The van der Waals surface area contributed by atoms with Crippen LogP contribution in [0.2, 0.25) is 0 Å². The lowest BCUT2D eigenvalue weighted by molar-refractivity contribution is -0.185. The van der Waals surface area contributed by atoms with Crippen LogP contribution in [-0.2, 0) is 10.3 Å². The van der Waals surface area contributed by atoms with E-state index >= 15 is 0 Å². The van der Waals surface area contributed by atoms with Gasteiger partial charge < -0.3 is 25.2 Å². The number of rotatable bonds is 6. The third-order valence-corrected chi connectivity index (χ3v) is 5.54. The van der Waals surface area contributed by atoms with Gasteiger partial charge in [-0.05, 0) is 19.1 Å². The first-order chi connectivity index (χ1) is 14.3. The molecular weight excluding hydrogens is 397 g/mol. The highest BCUT2D eigenvalue weighted by atomic mass is 19.3. The van der Waals surface area contributed by atoms with Crippen molar-refractivity contribution in [2.45, 2.75) is 25.0 Å². The van der Waals surface area contributed by atoms with Gasteiger partial charge in [-0.1, -0.05) is 18.2 Å². The van der Waals surface area contributed by atoms with E-state index in [2.05, 4.69) is 10.6 Å². The molecule has 0 saturated carbocycles. The molecule has 0 aromatic heterocycles. The number of aliphatic hydroxyl groups is 1. The molecule has 2 heterocycles. The highest BCUT2D eigenvalue weighted by Gasteiger charge is 2.41. The fourth-order valence-corrected chi connectivity index (χ4v) is 3.82. The molecule has 2 aromatic carbocycles. The molecule has 4 rings (SSSR count). The molecule has 0 spiro atoms. The number of hydrogen-bond acceptors (Lipinski definition) is 5. The van der Waals surface area contributed by atoms with E-state index in [1.54, 1.807) is 13.0 Å². The van der Waals surface area contributed by atoms with Crippen LogP contribution in [0.15, 0.2) is 36.4 Å². The molecule has 30 heavy (non-hydrogen) atoms. The second kappa shape index (κ2) is 7.85. The molecule has 2 aliphatic heterocycles. The van der Waals surface area contributed by atoms with Gasteiger partial charge in [-0.25, -0.2) is 13.2 Å². The Morgan fingerprint density at radius 1 is 1.23 bits per heavy atom. The van der Waals surface area contributed by atoms with Gasteiger partial charge >= 0.3 is 0 Å². The highest BCUT2D eigenvalue weighted by molar-refractivity contribution is 5.80. The zero-order valence-corrected chi connectivity index (χ0v) is 16.6. The summed E-state index contributed by atoms with van der Waals surface area (Å²) in [4.78, 5) is 0. The first-order valence-electron chi connectivity index (χ1n) is 9.64. The predicted molar refractivity (Wildman–Crippen MR) is 107 cm³/mol. The minimum absolute atomic E-state index is 0.161. The van der Waals surface area contributed by atoms with E-state index < -0.39 is 29.4 Å². The fraction of sp³-hybridized carbons (Fsp3) is 0.364. The monoisotopic (exact) mass is 420 g/mol. The Kier molecular flexibility index (Phi) is 5.38. The van der Waals surface area contributed by atoms with Gasteiger partial charge in [0.15, 0.2) is 0 Å². The number of halogens is 3. The van der Waals surface area contributed by atoms with Gasteiger partial charge in [0, 0.05) is 40.7 Å². The maximum atomic E-state index is 14.6. The zero-order chi connectivity index (χ0) is 21.5. The maximum absolute atomic E-state index is 14.6. The molecule has 1 fully saturated rings. The molecule has 160 valence electrons. The largest absolute Gasteiger partial charge is 0.496 e. The summed E-state index contributed by atoms with van der Waals surface area (Å²) in [5.41, 5.74) is 1.30. The molecule has 2 aromatic rings. The summed E-state index contributed by atoms with van der Waals surface area (Å²) in [6, 6.07) is 7.09. The molecule has 8 heteroatoms. The van der Waals surface area contributed by atoms with E-state index in [9.17, 15) is 18.3 Å². The normalized spacial score (nSPS) is 18.0. The Morgan fingerprint density at radius 2 is 1.97 bits per heavy atom. The summed E-state index contributed by atoms with van der Waals surface area (Å²) >= 11 is 0. The second-order valence-electron chi connectivity index (χ2n) is 7.54. The van der Waals surface area contributed by atoms with Crippen LogP contribution in [0, 0.1) is 5.82 Å².